The Kier molecular flexibility index (Phi) is 4.39. The van der Waals surface area contributed by atoms with E-state index in [-0.39, 0.29) is 24.9 Å². The molecule has 2 aliphatic carbocycles. The molecule has 0 aliphatic heterocycles. The minimum absolute atomic E-state index is 0.00542. The van der Waals surface area contributed by atoms with Gasteiger partial charge in [-0.1, -0.05) is 0 Å². The number of rotatable bonds is 6. The van der Waals surface area contributed by atoms with Crippen molar-refractivity contribution < 1.29 is 31.1 Å². The second-order valence-electron chi connectivity index (χ2n) is 7.06. The first kappa shape index (κ1) is 18.8. The number of hydrogen-bond donors (Lipinski definition) is 1. The Morgan fingerprint density at radius 2 is 1.93 bits per heavy atom. The SMILES string of the molecule is O=C(Cn1nc(C(F)F)c2c1C(F)(F)[C@@H]1C[C@H]21)NCCc1cc(F)cc(F)c1. The lowest BCUT2D eigenvalue weighted by molar-refractivity contribution is -0.122. The Hall–Kier alpha value is -2.52. The highest BCUT2D eigenvalue weighted by Gasteiger charge is 2.67. The van der Waals surface area contributed by atoms with E-state index in [4.69, 9.17) is 0 Å². The lowest BCUT2D eigenvalue weighted by Crippen LogP contribution is -2.32. The molecule has 0 spiro atoms. The largest absolute Gasteiger partial charge is 0.354 e. The van der Waals surface area contributed by atoms with Crippen LogP contribution in [0, 0.1) is 17.6 Å². The molecule has 2 atom stereocenters. The smallest absolute Gasteiger partial charge is 0.293 e. The maximum Gasteiger partial charge on any atom is 0.293 e. The van der Waals surface area contributed by atoms with Gasteiger partial charge in [0.25, 0.3) is 12.3 Å². The molecule has 1 amide bonds. The van der Waals surface area contributed by atoms with Crippen molar-refractivity contribution in [2.45, 2.75) is 37.7 Å². The van der Waals surface area contributed by atoms with Gasteiger partial charge in [-0.25, -0.2) is 17.6 Å². The summed E-state index contributed by atoms with van der Waals surface area (Å²) in [6.45, 7) is -0.643. The first-order valence-electron chi connectivity index (χ1n) is 8.67. The van der Waals surface area contributed by atoms with Gasteiger partial charge in [0, 0.05) is 24.1 Å². The number of carbonyl (C=O) groups excluding carboxylic acids is 1. The third-order valence-corrected chi connectivity index (χ3v) is 5.12. The van der Waals surface area contributed by atoms with Crippen LogP contribution in [0.3, 0.4) is 0 Å². The number of alkyl halides is 4. The van der Waals surface area contributed by atoms with Gasteiger partial charge in [-0.15, -0.1) is 0 Å². The fourth-order valence-corrected chi connectivity index (χ4v) is 3.87. The molecular weight excluding hydrogens is 388 g/mol. The van der Waals surface area contributed by atoms with Gasteiger partial charge in [-0.05, 0) is 36.5 Å². The van der Waals surface area contributed by atoms with E-state index in [0.717, 1.165) is 12.1 Å². The summed E-state index contributed by atoms with van der Waals surface area (Å²) in [6, 6.07) is 2.93. The third kappa shape index (κ3) is 3.14. The monoisotopic (exact) mass is 403 g/mol. The zero-order valence-electron chi connectivity index (χ0n) is 14.4. The molecule has 4 nitrogen and oxygen atoms in total. The van der Waals surface area contributed by atoms with Crippen LogP contribution in [0.1, 0.15) is 41.3 Å². The van der Waals surface area contributed by atoms with Gasteiger partial charge in [-0.3, -0.25) is 9.48 Å². The number of amides is 1. The van der Waals surface area contributed by atoms with Crippen molar-refractivity contribution in [3.05, 3.63) is 52.3 Å². The number of carbonyl (C=O) groups is 1. The predicted octanol–water partition coefficient (Wildman–Crippen LogP) is 3.67. The number of hydrogen-bond acceptors (Lipinski definition) is 2. The molecule has 28 heavy (non-hydrogen) atoms. The summed E-state index contributed by atoms with van der Waals surface area (Å²) in [5, 5.41) is 5.98. The van der Waals surface area contributed by atoms with Crippen molar-refractivity contribution in [2.24, 2.45) is 5.92 Å². The van der Waals surface area contributed by atoms with Crippen molar-refractivity contribution in [2.75, 3.05) is 6.54 Å². The van der Waals surface area contributed by atoms with Crippen LogP contribution in [-0.2, 0) is 23.7 Å². The standard InChI is InChI=1S/C18H15F6N3O/c19-9-3-8(4-10(20)5-9)1-2-25-13(28)7-27-16-14(15(26-27)17(21)22)11-6-12(11)18(16,23)24/h3-5,11-12,17H,1-2,6-7H2,(H,25,28)/t11-,12+/m0/s1. The first-order valence-corrected chi connectivity index (χ1v) is 8.67. The van der Waals surface area contributed by atoms with Gasteiger partial charge in [0.2, 0.25) is 5.91 Å². The molecule has 1 heterocycles. The number of halogens is 6. The Morgan fingerprint density at radius 1 is 1.25 bits per heavy atom. The molecular formula is C18H15F6N3O. The second-order valence-corrected chi connectivity index (χ2v) is 7.06. The van der Waals surface area contributed by atoms with Crippen LogP contribution in [0.25, 0.3) is 0 Å². The number of nitrogens with one attached hydrogen (secondary N) is 1. The molecule has 10 heteroatoms. The molecule has 150 valence electrons. The summed E-state index contributed by atoms with van der Waals surface area (Å²) in [6.07, 6.45) is -2.75. The Balaban J connectivity index is 1.44. The van der Waals surface area contributed by atoms with Gasteiger partial charge in [0.05, 0.1) is 0 Å². The molecule has 0 bridgehead atoms. The maximum atomic E-state index is 14.4. The number of nitrogens with zero attached hydrogens (tertiary/aromatic N) is 2. The predicted molar refractivity (Wildman–Crippen MR) is 85.0 cm³/mol. The van der Waals surface area contributed by atoms with E-state index in [1.54, 1.807) is 0 Å². The van der Waals surface area contributed by atoms with Gasteiger partial charge in [0.1, 0.15) is 29.6 Å². The molecule has 1 fully saturated rings. The topological polar surface area (TPSA) is 46.9 Å². The van der Waals surface area contributed by atoms with Gasteiger partial charge < -0.3 is 5.32 Å². The first-order chi connectivity index (χ1) is 13.2. The minimum atomic E-state index is -3.29. The molecule has 2 aliphatic rings. The van der Waals surface area contributed by atoms with E-state index in [0.29, 0.717) is 16.3 Å². The van der Waals surface area contributed by atoms with Crippen LogP contribution < -0.4 is 5.32 Å². The second kappa shape index (κ2) is 6.52. The molecule has 1 aromatic carbocycles. The zero-order chi connectivity index (χ0) is 20.2. The molecule has 0 unspecified atom stereocenters. The normalized spacial score (nSPS) is 21.5. The van der Waals surface area contributed by atoms with Crippen LogP contribution in [0.2, 0.25) is 0 Å². The fraction of sp³-hybridized carbons (Fsp3) is 0.444. The minimum Gasteiger partial charge on any atom is -0.354 e. The summed E-state index contributed by atoms with van der Waals surface area (Å²) < 4.78 is 82.1. The number of fused-ring (bicyclic) bond motifs is 3. The van der Waals surface area contributed by atoms with E-state index in [1.807, 2.05) is 0 Å². The third-order valence-electron chi connectivity index (χ3n) is 5.12. The van der Waals surface area contributed by atoms with Crippen LogP contribution in [-0.4, -0.2) is 22.2 Å². The Morgan fingerprint density at radius 3 is 2.57 bits per heavy atom. The molecule has 1 N–H and O–H groups in total. The lowest BCUT2D eigenvalue weighted by atomic mass is 10.1. The molecule has 4 rings (SSSR count). The van der Waals surface area contributed by atoms with E-state index in [9.17, 15) is 31.1 Å². The number of benzene rings is 1. The summed E-state index contributed by atoms with van der Waals surface area (Å²) >= 11 is 0. The summed E-state index contributed by atoms with van der Waals surface area (Å²) in [5.41, 5.74) is -1.12. The Bertz CT molecular complexity index is 921. The van der Waals surface area contributed by atoms with Crippen LogP contribution in [0.15, 0.2) is 18.2 Å². The quantitative estimate of drug-likeness (QED) is 0.749. The molecule has 1 saturated carbocycles. The van der Waals surface area contributed by atoms with Crippen molar-refractivity contribution in [1.82, 2.24) is 15.1 Å². The van der Waals surface area contributed by atoms with Crippen LogP contribution >= 0.6 is 0 Å². The average molecular weight is 403 g/mol. The Labute approximate surface area is 155 Å². The van der Waals surface area contributed by atoms with E-state index in [1.165, 1.54) is 0 Å². The van der Waals surface area contributed by atoms with Gasteiger partial charge in [-0.2, -0.15) is 13.9 Å². The van der Waals surface area contributed by atoms with Crippen LogP contribution in [0.5, 0.6) is 0 Å². The lowest BCUT2D eigenvalue weighted by Gasteiger charge is -2.15. The van der Waals surface area contributed by atoms with Crippen molar-refractivity contribution in [3.63, 3.8) is 0 Å². The highest BCUT2D eigenvalue weighted by atomic mass is 19.3. The maximum absolute atomic E-state index is 14.4. The summed E-state index contributed by atoms with van der Waals surface area (Å²) in [5.74, 6) is -7.15. The highest BCUT2D eigenvalue weighted by Crippen LogP contribution is 2.68. The summed E-state index contributed by atoms with van der Waals surface area (Å²) in [4.78, 5) is 12.1. The molecule has 2 aromatic rings. The molecule has 0 saturated heterocycles. The molecule has 0 radical (unpaired) electrons. The summed E-state index contributed by atoms with van der Waals surface area (Å²) in [7, 11) is 0. The van der Waals surface area contributed by atoms with E-state index >= 15 is 0 Å². The van der Waals surface area contributed by atoms with Crippen LogP contribution in [0.4, 0.5) is 26.3 Å². The zero-order valence-corrected chi connectivity index (χ0v) is 14.4. The van der Waals surface area contributed by atoms with Gasteiger partial charge in [0.15, 0.2) is 0 Å². The number of aromatic nitrogens is 2. The van der Waals surface area contributed by atoms with Crippen molar-refractivity contribution in [3.8, 4) is 0 Å². The highest BCUT2D eigenvalue weighted by molar-refractivity contribution is 5.75. The molecule has 1 aromatic heterocycles. The van der Waals surface area contributed by atoms with E-state index in [2.05, 4.69) is 10.4 Å². The van der Waals surface area contributed by atoms with Gasteiger partial charge >= 0.3 is 0 Å². The average Bonchev–Trinajstić information content (AvgIpc) is 3.23. The van der Waals surface area contributed by atoms with Crippen molar-refractivity contribution >= 4 is 5.91 Å². The fourth-order valence-electron chi connectivity index (χ4n) is 3.87. The van der Waals surface area contributed by atoms with Crippen molar-refractivity contribution in [1.29, 1.82) is 0 Å². The van der Waals surface area contributed by atoms with E-state index < -0.39 is 59.7 Å².